The van der Waals surface area contributed by atoms with Crippen molar-refractivity contribution >= 4 is 35.8 Å². The van der Waals surface area contributed by atoms with E-state index in [1.165, 1.54) is 5.56 Å². The molecule has 0 radical (unpaired) electrons. The van der Waals surface area contributed by atoms with E-state index in [-0.39, 0.29) is 24.0 Å². The number of piperazine rings is 1. The number of likely N-dealkylation sites (tertiary alicyclic amines) is 1. The molecule has 2 aliphatic rings. The zero-order chi connectivity index (χ0) is 22.1. The summed E-state index contributed by atoms with van der Waals surface area (Å²) in [5, 5.41) is 3.46. The molecule has 1 N–H and O–H groups in total. The summed E-state index contributed by atoms with van der Waals surface area (Å²) in [6.45, 7) is 13.0. The van der Waals surface area contributed by atoms with Crippen molar-refractivity contribution in [1.82, 2.24) is 24.9 Å². The lowest BCUT2D eigenvalue weighted by Gasteiger charge is -2.37. The molecule has 0 aliphatic carbocycles. The van der Waals surface area contributed by atoms with Gasteiger partial charge in [0, 0.05) is 58.4 Å². The second-order valence-corrected chi connectivity index (χ2v) is 8.80. The molecule has 0 aromatic heterocycles. The summed E-state index contributed by atoms with van der Waals surface area (Å²) in [5.41, 5.74) is 1.33. The van der Waals surface area contributed by atoms with Crippen LogP contribution in [0.25, 0.3) is 0 Å². The molecule has 180 valence electrons. The molecular weight excluding hydrogens is 515 g/mol. The Bertz CT molecular complexity index is 702. The van der Waals surface area contributed by atoms with Crippen LogP contribution in [0.3, 0.4) is 0 Å². The maximum atomic E-state index is 12.4. The van der Waals surface area contributed by atoms with E-state index in [4.69, 9.17) is 4.99 Å². The molecule has 1 unspecified atom stereocenters. The number of hydrogen-bond acceptors (Lipinski definition) is 4. The van der Waals surface area contributed by atoms with E-state index in [9.17, 15) is 4.79 Å². The van der Waals surface area contributed by atoms with Crippen LogP contribution in [0.1, 0.15) is 32.3 Å². The molecule has 2 saturated heterocycles. The second kappa shape index (κ2) is 14.0. The van der Waals surface area contributed by atoms with Gasteiger partial charge in [0.25, 0.3) is 0 Å². The van der Waals surface area contributed by atoms with E-state index in [0.29, 0.717) is 18.5 Å². The van der Waals surface area contributed by atoms with Gasteiger partial charge in [0.1, 0.15) is 0 Å². The topological polar surface area (TPSA) is 54.4 Å². The molecule has 1 amide bonds. The van der Waals surface area contributed by atoms with Crippen LogP contribution >= 0.6 is 24.0 Å². The number of nitrogens with zero attached hydrogens (tertiary/aromatic N) is 5. The number of nitrogens with one attached hydrogen (secondary N) is 1. The van der Waals surface area contributed by atoms with Crippen molar-refractivity contribution in [3.63, 3.8) is 0 Å². The lowest BCUT2D eigenvalue weighted by atomic mass is 10.2. The standard InChI is InChI=1S/C24H40N6O.HI/c1-4-25-24(26-18-21(2)27(3)19-22-10-6-5-7-11-22)30-16-14-28(15-17-30)20-23(31)29-12-8-9-13-29;/h5-7,10-11,21H,4,8-9,12-20H2,1-3H3,(H,25,26);1H. The summed E-state index contributed by atoms with van der Waals surface area (Å²) in [7, 11) is 2.16. The lowest BCUT2D eigenvalue weighted by Crippen LogP contribution is -2.54. The third-order valence-electron chi connectivity index (χ3n) is 6.36. The van der Waals surface area contributed by atoms with Gasteiger partial charge in [0.15, 0.2) is 5.96 Å². The second-order valence-electron chi connectivity index (χ2n) is 8.80. The van der Waals surface area contributed by atoms with Gasteiger partial charge in [-0.05, 0) is 39.3 Å². The number of rotatable bonds is 8. The highest BCUT2D eigenvalue weighted by Crippen LogP contribution is 2.10. The predicted octanol–water partition coefficient (Wildman–Crippen LogP) is 2.33. The number of aliphatic imine (C=N–C) groups is 1. The number of likely N-dealkylation sites (N-methyl/N-ethyl adjacent to an activating group) is 1. The first-order chi connectivity index (χ1) is 15.1. The van der Waals surface area contributed by atoms with Gasteiger partial charge in [0.05, 0.1) is 13.1 Å². The molecule has 1 atom stereocenters. The van der Waals surface area contributed by atoms with Crippen molar-refractivity contribution < 1.29 is 4.79 Å². The Hall–Kier alpha value is -1.39. The van der Waals surface area contributed by atoms with Gasteiger partial charge in [-0.25, -0.2) is 0 Å². The third-order valence-corrected chi connectivity index (χ3v) is 6.36. The minimum atomic E-state index is 0. The highest BCUT2D eigenvalue weighted by atomic mass is 127. The molecule has 1 aromatic rings. The zero-order valence-corrected chi connectivity index (χ0v) is 22.3. The van der Waals surface area contributed by atoms with Gasteiger partial charge in [0.2, 0.25) is 5.91 Å². The summed E-state index contributed by atoms with van der Waals surface area (Å²) >= 11 is 0. The van der Waals surface area contributed by atoms with Crippen molar-refractivity contribution in [3.8, 4) is 0 Å². The fourth-order valence-electron chi connectivity index (χ4n) is 4.19. The molecule has 32 heavy (non-hydrogen) atoms. The Morgan fingerprint density at radius 1 is 1.06 bits per heavy atom. The summed E-state index contributed by atoms with van der Waals surface area (Å²) in [4.78, 5) is 26.4. The van der Waals surface area contributed by atoms with Gasteiger partial charge >= 0.3 is 0 Å². The summed E-state index contributed by atoms with van der Waals surface area (Å²) in [6.07, 6.45) is 2.31. The highest BCUT2D eigenvalue weighted by Gasteiger charge is 2.24. The Morgan fingerprint density at radius 2 is 1.72 bits per heavy atom. The normalized spacial score (nSPS) is 18.6. The van der Waals surface area contributed by atoms with E-state index < -0.39 is 0 Å². The zero-order valence-electron chi connectivity index (χ0n) is 20.0. The number of benzene rings is 1. The maximum Gasteiger partial charge on any atom is 0.236 e. The van der Waals surface area contributed by atoms with Crippen LogP contribution in [-0.2, 0) is 11.3 Å². The van der Waals surface area contributed by atoms with E-state index in [1.807, 2.05) is 4.90 Å². The van der Waals surface area contributed by atoms with E-state index in [1.54, 1.807) is 0 Å². The van der Waals surface area contributed by atoms with E-state index in [2.05, 4.69) is 71.2 Å². The van der Waals surface area contributed by atoms with Gasteiger partial charge in [-0.3, -0.25) is 19.6 Å². The van der Waals surface area contributed by atoms with Crippen LogP contribution < -0.4 is 5.32 Å². The van der Waals surface area contributed by atoms with Crippen molar-refractivity contribution in [2.75, 3.05) is 66.0 Å². The Labute approximate surface area is 211 Å². The molecule has 0 bridgehead atoms. The van der Waals surface area contributed by atoms with Gasteiger partial charge < -0.3 is 15.1 Å². The molecular formula is C24H41IN6O. The number of carbonyl (C=O) groups excluding carboxylic acids is 1. The number of hydrogen-bond donors (Lipinski definition) is 1. The fraction of sp³-hybridized carbons (Fsp3) is 0.667. The average molecular weight is 557 g/mol. The highest BCUT2D eigenvalue weighted by molar-refractivity contribution is 14.0. The third kappa shape index (κ3) is 8.19. The van der Waals surface area contributed by atoms with Crippen molar-refractivity contribution in [2.45, 2.75) is 39.3 Å². The Morgan fingerprint density at radius 3 is 2.34 bits per heavy atom. The molecule has 2 heterocycles. The lowest BCUT2D eigenvalue weighted by molar-refractivity contribution is -0.131. The first-order valence-corrected chi connectivity index (χ1v) is 11.8. The maximum absolute atomic E-state index is 12.4. The monoisotopic (exact) mass is 556 g/mol. The molecule has 2 fully saturated rings. The number of guanidine groups is 1. The molecule has 0 spiro atoms. The van der Waals surface area contributed by atoms with E-state index >= 15 is 0 Å². The van der Waals surface area contributed by atoms with Crippen LogP contribution in [0, 0.1) is 0 Å². The number of halogens is 1. The Kier molecular flexibility index (Phi) is 11.7. The summed E-state index contributed by atoms with van der Waals surface area (Å²) < 4.78 is 0. The molecule has 0 saturated carbocycles. The van der Waals surface area contributed by atoms with Crippen LogP contribution in [-0.4, -0.2) is 103 Å². The minimum absolute atomic E-state index is 0. The van der Waals surface area contributed by atoms with E-state index in [0.717, 1.165) is 77.7 Å². The largest absolute Gasteiger partial charge is 0.357 e. The summed E-state index contributed by atoms with van der Waals surface area (Å²) in [6, 6.07) is 10.9. The minimum Gasteiger partial charge on any atom is -0.357 e. The van der Waals surface area contributed by atoms with Crippen LogP contribution in [0.2, 0.25) is 0 Å². The summed E-state index contributed by atoms with van der Waals surface area (Å²) in [5.74, 6) is 1.29. The molecule has 3 rings (SSSR count). The average Bonchev–Trinajstić information content (AvgIpc) is 3.33. The fourth-order valence-corrected chi connectivity index (χ4v) is 4.19. The molecule has 1 aromatic carbocycles. The van der Waals surface area contributed by atoms with Gasteiger partial charge in [-0.15, -0.1) is 24.0 Å². The number of carbonyl (C=O) groups is 1. The molecule has 7 nitrogen and oxygen atoms in total. The quantitative estimate of drug-likeness (QED) is 0.303. The molecule has 2 aliphatic heterocycles. The van der Waals surface area contributed by atoms with Gasteiger partial charge in [-0.2, -0.15) is 0 Å². The Balaban J connectivity index is 0.00000363. The predicted molar refractivity (Wildman–Crippen MR) is 143 cm³/mol. The van der Waals surface area contributed by atoms with Crippen molar-refractivity contribution in [3.05, 3.63) is 35.9 Å². The SMILES string of the molecule is CCNC(=NCC(C)N(C)Cc1ccccc1)N1CCN(CC(=O)N2CCCC2)CC1.I. The van der Waals surface area contributed by atoms with Crippen molar-refractivity contribution in [2.24, 2.45) is 4.99 Å². The van der Waals surface area contributed by atoms with Crippen LogP contribution in [0.4, 0.5) is 0 Å². The van der Waals surface area contributed by atoms with Crippen molar-refractivity contribution in [1.29, 1.82) is 0 Å². The molecule has 8 heteroatoms. The number of amides is 1. The smallest absolute Gasteiger partial charge is 0.236 e. The van der Waals surface area contributed by atoms with Crippen LogP contribution in [0.5, 0.6) is 0 Å². The first kappa shape index (κ1) is 26.9. The van der Waals surface area contributed by atoms with Gasteiger partial charge in [-0.1, -0.05) is 30.3 Å². The van der Waals surface area contributed by atoms with Crippen LogP contribution in [0.15, 0.2) is 35.3 Å². The first-order valence-electron chi connectivity index (χ1n) is 11.8.